The standard InChI is InChI=1S/C26H37F3N8O/c1-16(2)13-36(5)15-37(14-18-9-11-20(12-10-18)26(27,28)29)21-23(31-4)33-25(22(30)35-38)34-24(21)32-17(3)19-7-6-8-19/h9-12,16-17,19,38H,4,6-8,13-15H2,1-3,5H3,(H2,30,35)(H,32,33,34)/t17-/m1/s1. The van der Waals surface area contributed by atoms with Crippen molar-refractivity contribution >= 4 is 29.9 Å². The first-order valence-electron chi connectivity index (χ1n) is 12.7. The summed E-state index contributed by atoms with van der Waals surface area (Å²) >= 11 is 0. The highest BCUT2D eigenvalue weighted by Gasteiger charge is 2.31. The van der Waals surface area contributed by atoms with Crippen molar-refractivity contribution in [3.63, 3.8) is 0 Å². The lowest BCUT2D eigenvalue weighted by Gasteiger charge is -2.35. The molecule has 208 valence electrons. The molecule has 1 heterocycles. The van der Waals surface area contributed by atoms with Gasteiger partial charge in [-0.05, 0) is 63.1 Å². The molecule has 1 atom stereocenters. The van der Waals surface area contributed by atoms with E-state index in [1.165, 1.54) is 18.6 Å². The van der Waals surface area contributed by atoms with E-state index in [1.807, 2.05) is 11.9 Å². The number of amidine groups is 1. The number of oxime groups is 1. The normalized spacial score (nSPS) is 15.4. The summed E-state index contributed by atoms with van der Waals surface area (Å²) in [5.74, 6) is 1.24. The number of halogens is 3. The van der Waals surface area contributed by atoms with E-state index in [0.717, 1.165) is 31.5 Å². The molecule has 0 unspecified atom stereocenters. The molecule has 1 fully saturated rings. The van der Waals surface area contributed by atoms with Gasteiger partial charge in [-0.2, -0.15) is 13.2 Å². The molecule has 0 aliphatic heterocycles. The summed E-state index contributed by atoms with van der Waals surface area (Å²) in [4.78, 5) is 17.2. The van der Waals surface area contributed by atoms with Crippen LogP contribution in [-0.4, -0.2) is 58.9 Å². The van der Waals surface area contributed by atoms with Crippen LogP contribution in [0.4, 0.5) is 30.5 Å². The maximum absolute atomic E-state index is 13.1. The van der Waals surface area contributed by atoms with Crippen LogP contribution in [0.3, 0.4) is 0 Å². The molecule has 3 rings (SSSR count). The minimum atomic E-state index is -4.41. The van der Waals surface area contributed by atoms with Gasteiger partial charge in [-0.1, -0.05) is 37.6 Å². The number of aromatic nitrogens is 2. The summed E-state index contributed by atoms with van der Waals surface area (Å²) in [6.07, 6.45) is -1.05. The number of nitrogens with zero attached hydrogens (tertiary/aromatic N) is 6. The number of alkyl halides is 3. The summed E-state index contributed by atoms with van der Waals surface area (Å²) < 4.78 is 39.4. The Hall–Kier alpha value is -3.41. The van der Waals surface area contributed by atoms with Crippen molar-refractivity contribution in [3.05, 3.63) is 41.2 Å². The number of benzene rings is 1. The van der Waals surface area contributed by atoms with Gasteiger partial charge in [0.2, 0.25) is 11.7 Å². The molecule has 0 saturated heterocycles. The van der Waals surface area contributed by atoms with E-state index in [1.54, 1.807) is 0 Å². The summed E-state index contributed by atoms with van der Waals surface area (Å²) in [6.45, 7) is 11.4. The molecule has 1 aromatic heterocycles. The first-order chi connectivity index (χ1) is 17.9. The molecule has 0 radical (unpaired) electrons. The molecule has 38 heavy (non-hydrogen) atoms. The van der Waals surface area contributed by atoms with Gasteiger partial charge in [0.15, 0.2) is 11.6 Å². The Morgan fingerprint density at radius 1 is 1.21 bits per heavy atom. The highest BCUT2D eigenvalue weighted by atomic mass is 19.4. The zero-order valence-electron chi connectivity index (χ0n) is 22.3. The van der Waals surface area contributed by atoms with Crippen molar-refractivity contribution in [2.24, 2.45) is 27.7 Å². The lowest BCUT2D eigenvalue weighted by molar-refractivity contribution is -0.137. The van der Waals surface area contributed by atoms with Gasteiger partial charge in [0.25, 0.3) is 0 Å². The van der Waals surface area contributed by atoms with Crippen molar-refractivity contribution in [1.29, 1.82) is 0 Å². The van der Waals surface area contributed by atoms with Gasteiger partial charge >= 0.3 is 6.18 Å². The smallest absolute Gasteiger partial charge is 0.409 e. The molecule has 1 saturated carbocycles. The van der Waals surface area contributed by atoms with Crippen LogP contribution in [0.5, 0.6) is 0 Å². The van der Waals surface area contributed by atoms with Gasteiger partial charge < -0.3 is 21.2 Å². The fraction of sp³-hybridized carbons (Fsp3) is 0.538. The van der Waals surface area contributed by atoms with E-state index in [4.69, 9.17) is 5.73 Å². The van der Waals surface area contributed by atoms with E-state index in [2.05, 4.69) is 57.8 Å². The van der Waals surface area contributed by atoms with Crippen molar-refractivity contribution in [2.75, 3.05) is 30.5 Å². The van der Waals surface area contributed by atoms with Gasteiger partial charge in [0.05, 0.1) is 12.2 Å². The van der Waals surface area contributed by atoms with E-state index in [0.29, 0.717) is 35.6 Å². The highest BCUT2D eigenvalue weighted by Crippen LogP contribution is 2.38. The number of nitrogens with one attached hydrogen (secondary N) is 1. The average molecular weight is 535 g/mol. The molecular weight excluding hydrogens is 497 g/mol. The first kappa shape index (κ1) is 29.2. The van der Waals surface area contributed by atoms with Crippen LogP contribution < -0.4 is 16.0 Å². The Morgan fingerprint density at radius 2 is 1.87 bits per heavy atom. The SMILES string of the molecule is C=Nc1nc(/C(N)=N/O)nc(N[C@H](C)C2CCC2)c1N(Cc1ccc(C(F)(F)F)cc1)CN(C)CC(C)C. The second-order valence-electron chi connectivity index (χ2n) is 10.3. The fourth-order valence-corrected chi connectivity index (χ4v) is 4.57. The minimum Gasteiger partial charge on any atom is -0.409 e. The van der Waals surface area contributed by atoms with Gasteiger partial charge in [-0.15, -0.1) is 0 Å². The number of aliphatic imine (C=N–C) groups is 1. The summed E-state index contributed by atoms with van der Waals surface area (Å²) in [5, 5.41) is 15.7. The third-order valence-corrected chi connectivity index (χ3v) is 6.63. The molecule has 1 aliphatic carbocycles. The Bertz CT molecular complexity index is 1120. The van der Waals surface area contributed by atoms with E-state index in [-0.39, 0.29) is 30.1 Å². The lowest BCUT2D eigenvalue weighted by Crippen LogP contribution is -2.39. The van der Waals surface area contributed by atoms with Gasteiger partial charge in [0, 0.05) is 19.1 Å². The molecule has 12 heteroatoms. The number of nitrogens with two attached hydrogens (primary N) is 1. The summed E-state index contributed by atoms with van der Waals surface area (Å²) in [6, 6.07) is 5.17. The molecule has 1 aromatic carbocycles. The van der Waals surface area contributed by atoms with E-state index in [9.17, 15) is 18.4 Å². The van der Waals surface area contributed by atoms with Crippen LogP contribution in [-0.2, 0) is 12.7 Å². The van der Waals surface area contributed by atoms with Crippen molar-refractivity contribution < 1.29 is 18.4 Å². The Kier molecular flexibility index (Phi) is 9.53. The van der Waals surface area contributed by atoms with Crippen LogP contribution in [0.15, 0.2) is 34.4 Å². The largest absolute Gasteiger partial charge is 0.416 e. The van der Waals surface area contributed by atoms with Crippen LogP contribution >= 0.6 is 0 Å². The van der Waals surface area contributed by atoms with Crippen LogP contribution in [0.2, 0.25) is 0 Å². The van der Waals surface area contributed by atoms with Crippen LogP contribution in [0.25, 0.3) is 0 Å². The maximum Gasteiger partial charge on any atom is 0.416 e. The zero-order valence-corrected chi connectivity index (χ0v) is 22.3. The molecule has 0 amide bonds. The molecule has 2 aromatic rings. The van der Waals surface area contributed by atoms with E-state index < -0.39 is 11.7 Å². The second-order valence-corrected chi connectivity index (χ2v) is 10.3. The Labute approximate surface area is 221 Å². The molecule has 0 spiro atoms. The topological polar surface area (TPSA) is 115 Å². The monoisotopic (exact) mass is 534 g/mol. The summed E-state index contributed by atoms with van der Waals surface area (Å²) in [5.41, 5.74) is 6.32. The Morgan fingerprint density at radius 3 is 2.37 bits per heavy atom. The van der Waals surface area contributed by atoms with Gasteiger partial charge in [-0.25, -0.2) is 15.0 Å². The lowest BCUT2D eigenvalue weighted by atomic mass is 9.80. The average Bonchev–Trinajstić information content (AvgIpc) is 2.80. The van der Waals surface area contributed by atoms with Crippen molar-refractivity contribution in [3.8, 4) is 0 Å². The fourth-order valence-electron chi connectivity index (χ4n) is 4.57. The third-order valence-electron chi connectivity index (χ3n) is 6.63. The van der Waals surface area contributed by atoms with Crippen molar-refractivity contribution in [1.82, 2.24) is 14.9 Å². The Balaban J connectivity index is 2.09. The molecular formula is C26H37F3N8O. The third kappa shape index (κ3) is 7.33. The number of hydrogen-bond donors (Lipinski definition) is 3. The zero-order chi connectivity index (χ0) is 28.0. The summed E-state index contributed by atoms with van der Waals surface area (Å²) in [7, 11) is 1.97. The van der Waals surface area contributed by atoms with Crippen LogP contribution in [0.1, 0.15) is 57.0 Å². The molecule has 9 nitrogen and oxygen atoms in total. The van der Waals surface area contributed by atoms with Gasteiger partial charge in [-0.3, -0.25) is 4.90 Å². The van der Waals surface area contributed by atoms with Crippen LogP contribution in [0, 0.1) is 11.8 Å². The number of hydrogen-bond acceptors (Lipinski definition) is 8. The predicted octanol–water partition coefficient (Wildman–Crippen LogP) is 5.07. The first-order valence-corrected chi connectivity index (χ1v) is 12.7. The quantitative estimate of drug-likeness (QED) is 0.114. The molecule has 1 aliphatic rings. The highest BCUT2D eigenvalue weighted by molar-refractivity contribution is 5.95. The minimum absolute atomic E-state index is 0.00743. The number of rotatable bonds is 12. The van der Waals surface area contributed by atoms with Crippen molar-refractivity contribution in [2.45, 2.75) is 58.8 Å². The predicted molar refractivity (Wildman–Crippen MR) is 144 cm³/mol. The molecule has 4 N–H and O–H groups in total. The molecule has 0 bridgehead atoms. The maximum atomic E-state index is 13.1. The second kappa shape index (κ2) is 12.4. The van der Waals surface area contributed by atoms with Gasteiger partial charge in [0.1, 0.15) is 5.69 Å². The van der Waals surface area contributed by atoms with E-state index >= 15 is 0 Å². The number of anilines is 2.